The summed E-state index contributed by atoms with van der Waals surface area (Å²) in [4.78, 5) is 29.3. The number of rotatable bonds is 3. The van der Waals surface area contributed by atoms with Crippen LogP contribution in [0.15, 0.2) is 54.7 Å². The van der Waals surface area contributed by atoms with E-state index in [1.807, 2.05) is 48.5 Å². The zero-order chi connectivity index (χ0) is 16.5. The van der Waals surface area contributed by atoms with Crippen LogP contribution in [0.25, 0.3) is 10.9 Å². The molecule has 1 aromatic heterocycles. The molecule has 24 heavy (non-hydrogen) atoms. The smallest absolute Gasteiger partial charge is 0.257 e. The fraction of sp³-hybridized carbons (Fsp3) is 0.158. The number of carbonyl (C=O) groups is 2. The maximum absolute atomic E-state index is 12.6. The lowest BCUT2D eigenvalue weighted by Crippen LogP contribution is -2.23. The third-order valence-corrected chi connectivity index (χ3v) is 4.32. The van der Waals surface area contributed by atoms with E-state index >= 15 is 0 Å². The highest BCUT2D eigenvalue weighted by atomic mass is 16.2. The van der Waals surface area contributed by atoms with Crippen LogP contribution < -0.4 is 10.2 Å². The van der Waals surface area contributed by atoms with Crippen molar-refractivity contribution in [3.63, 3.8) is 0 Å². The van der Waals surface area contributed by atoms with Gasteiger partial charge < -0.3 is 15.2 Å². The lowest BCUT2D eigenvalue weighted by Gasteiger charge is -2.16. The predicted octanol–water partition coefficient (Wildman–Crippen LogP) is 3.55. The Morgan fingerprint density at radius 3 is 2.83 bits per heavy atom. The minimum atomic E-state index is -0.169. The van der Waals surface area contributed by atoms with E-state index in [1.165, 1.54) is 0 Å². The topological polar surface area (TPSA) is 65.2 Å². The summed E-state index contributed by atoms with van der Waals surface area (Å²) in [5.74, 6) is -0.0348. The molecule has 0 spiro atoms. The fourth-order valence-corrected chi connectivity index (χ4v) is 3.13. The van der Waals surface area contributed by atoms with Crippen molar-refractivity contribution >= 4 is 34.1 Å². The summed E-state index contributed by atoms with van der Waals surface area (Å²) in [6, 6.07) is 15.1. The van der Waals surface area contributed by atoms with Gasteiger partial charge in [0.05, 0.1) is 5.56 Å². The summed E-state index contributed by atoms with van der Waals surface area (Å²) in [6.07, 6.45) is 3.19. The van der Waals surface area contributed by atoms with Gasteiger partial charge in [0.2, 0.25) is 5.91 Å². The molecule has 0 aliphatic carbocycles. The van der Waals surface area contributed by atoms with E-state index in [-0.39, 0.29) is 11.8 Å². The molecule has 4 rings (SSSR count). The Hall–Kier alpha value is -3.08. The summed E-state index contributed by atoms with van der Waals surface area (Å²) >= 11 is 0. The van der Waals surface area contributed by atoms with Crippen molar-refractivity contribution < 1.29 is 9.59 Å². The molecule has 1 fully saturated rings. The number of nitrogens with one attached hydrogen (secondary N) is 2. The fourth-order valence-electron chi connectivity index (χ4n) is 3.13. The summed E-state index contributed by atoms with van der Waals surface area (Å²) in [5, 5.41) is 3.81. The molecule has 2 heterocycles. The largest absolute Gasteiger partial charge is 0.360 e. The van der Waals surface area contributed by atoms with Gasteiger partial charge in [0.1, 0.15) is 0 Å². The van der Waals surface area contributed by atoms with Crippen LogP contribution in [-0.4, -0.2) is 23.3 Å². The van der Waals surface area contributed by atoms with Crippen LogP contribution in [0, 0.1) is 0 Å². The van der Waals surface area contributed by atoms with Crippen LogP contribution >= 0.6 is 0 Å². The number of anilines is 2. The minimum Gasteiger partial charge on any atom is -0.360 e. The summed E-state index contributed by atoms with van der Waals surface area (Å²) in [7, 11) is 0. The molecule has 5 nitrogen and oxygen atoms in total. The van der Waals surface area contributed by atoms with Crippen molar-refractivity contribution in [1.29, 1.82) is 0 Å². The number of hydrogen-bond acceptors (Lipinski definition) is 2. The van der Waals surface area contributed by atoms with E-state index in [0.717, 1.165) is 29.6 Å². The molecule has 0 saturated carbocycles. The van der Waals surface area contributed by atoms with Gasteiger partial charge in [0.15, 0.2) is 0 Å². The molecule has 1 saturated heterocycles. The van der Waals surface area contributed by atoms with E-state index in [4.69, 9.17) is 0 Å². The molecule has 2 aromatic carbocycles. The van der Waals surface area contributed by atoms with Gasteiger partial charge in [0, 0.05) is 41.4 Å². The molecule has 1 aliphatic rings. The number of fused-ring (bicyclic) bond motifs is 1. The average Bonchev–Trinajstić information content (AvgIpc) is 3.21. The number of hydrogen-bond donors (Lipinski definition) is 2. The Balaban J connectivity index is 1.59. The second-order valence-corrected chi connectivity index (χ2v) is 5.90. The number of carbonyl (C=O) groups excluding carboxylic acids is 2. The zero-order valence-electron chi connectivity index (χ0n) is 13.1. The van der Waals surface area contributed by atoms with E-state index in [2.05, 4.69) is 10.3 Å². The lowest BCUT2D eigenvalue weighted by molar-refractivity contribution is -0.117. The van der Waals surface area contributed by atoms with Crippen LogP contribution in [0.3, 0.4) is 0 Å². The molecule has 1 aliphatic heterocycles. The number of para-hydroxylation sites is 1. The Morgan fingerprint density at radius 1 is 1.12 bits per heavy atom. The molecule has 2 N–H and O–H groups in total. The number of benzene rings is 2. The molecule has 120 valence electrons. The van der Waals surface area contributed by atoms with Crippen molar-refractivity contribution in [2.75, 3.05) is 16.8 Å². The van der Waals surface area contributed by atoms with Crippen LogP contribution in [0.1, 0.15) is 23.2 Å². The third-order valence-electron chi connectivity index (χ3n) is 4.32. The molecular formula is C19H17N3O2. The summed E-state index contributed by atoms with van der Waals surface area (Å²) in [5.41, 5.74) is 3.05. The third kappa shape index (κ3) is 2.54. The number of amides is 2. The van der Waals surface area contributed by atoms with Gasteiger partial charge >= 0.3 is 0 Å². The first-order chi connectivity index (χ1) is 11.7. The number of H-pyrrole nitrogens is 1. The molecule has 0 radical (unpaired) electrons. The SMILES string of the molecule is O=C(Nc1cccc(N2CCCC2=O)c1)c1c[nH]c2ccccc12. The molecule has 0 bridgehead atoms. The lowest BCUT2D eigenvalue weighted by atomic mass is 10.1. The highest BCUT2D eigenvalue weighted by molar-refractivity contribution is 6.13. The molecule has 0 atom stereocenters. The van der Waals surface area contributed by atoms with Crippen LogP contribution in [0.2, 0.25) is 0 Å². The van der Waals surface area contributed by atoms with Gasteiger partial charge in [-0.15, -0.1) is 0 Å². The Kier molecular flexibility index (Phi) is 3.54. The van der Waals surface area contributed by atoms with Crippen molar-refractivity contribution in [2.24, 2.45) is 0 Å². The molecule has 2 amide bonds. The Bertz CT molecular complexity index is 929. The number of aromatic nitrogens is 1. The number of aromatic amines is 1. The Morgan fingerprint density at radius 2 is 2.00 bits per heavy atom. The normalized spacial score (nSPS) is 14.3. The summed E-state index contributed by atoms with van der Waals surface area (Å²) < 4.78 is 0. The van der Waals surface area contributed by atoms with Crippen molar-refractivity contribution in [3.8, 4) is 0 Å². The van der Waals surface area contributed by atoms with Crippen molar-refractivity contribution in [3.05, 3.63) is 60.3 Å². The molecule has 3 aromatic rings. The van der Waals surface area contributed by atoms with Crippen molar-refractivity contribution in [1.82, 2.24) is 4.98 Å². The average molecular weight is 319 g/mol. The maximum atomic E-state index is 12.6. The van der Waals surface area contributed by atoms with E-state index in [9.17, 15) is 9.59 Å². The van der Waals surface area contributed by atoms with Gasteiger partial charge in [-0.25, -0.2) is 0 Å². The first kappa shape index (κ1) is 14.5. The Labute approximate surface area is 139 Å². The van der Waals surface area contributed by atoms with Gasteiger partial charge in [-0.1, -0.05) is 24.3 Å². The highest BCUT2D eigenvalue weighted by Crippen LogP contribution is 2.25. The zero-order valence-corrected chi connectivity index (χ0v) is 13.1. The predicted molar refractivity (Wildman–Crippen MR) is 94.3 cm³/mol. The minimum absolute atomic E-state index is 0.134. The quantitative estimate of drug-likeness (QED) is 0.775. The second-order valence-electron chi connectivity index (χ2n) is 5.90. The van der Waals surface area contributed by atoms with E-state index < -0.39 is 0 Å². The van der Waals surface area contributed by atoms with Crippen LogP contribution in [0.4, 0.5) is 11.4 Å². The molecule has 0 unspecified atom stereocenters. The first-order valence-electron chi connectivity index (χ1n) is 8.00. The monoisotopic (exact) mass is 319 g/mol. The maximum Gasteiger partial charge on any atom is 0.257 e. The van der Waals surface area contributed by atoms with Gasteiger partial charge in [-0.3, -0.25) is 9.59 Å². The summed E-state index contributed by atoms with van der Waals surface area (Å²) in [6.45, 7) is 0.735. The second kappa shape index (κ2) is 5.85. The van der Waals surface area contributed by atoms with E-state index in [0.29, 0.717) is 17.7 Å². The van der Waals surface area contributed by atoms with Gasteiger partial charge in [-0.05, 0) is 30.7 Å². The molecular weight excluding hydrogens is 302 g/mol. The van der Waals surface area contributed by atoms with Gasteiger partial charge in [0.25, 0.3) is 5.91 Å². The highest BCUT2D eigenvalue weighted by Gasteiger charge is 2.22. The van der Waals surface area contributed by atoms with Crippen molar-refractivity contribution in [2.45, 2.75) is 12.8 Å². The standard InChI is InChI=1S/C19H17N3O2/c23-18-9-4-10-22(18)14-6-3-5-13(11-14)21-19(24)16-12-20-17-8-2-1-7-15(16)17/h1-3,5-8,11-12,20H,4,9-10H2,(H,21,24). The van der Waals surface area contributed by atoms with Gasteiger partial charge in [-0.2, -0.15) is 0 Å². The molecule has 5 heteroatoms. The van der Waals surface area contributed by atoms with Crippen LogP contribution in [0.5, 0.6) is 0 Å². The van der Waals surface area contributed by atoms with Crippen LogP contribution in [-0.2, 0) is 4.79 Å². The van der Waals surface area contributed by atoms with E-state index in [1.54, 1.807) is 11.1 Å². The number of nitrogens with zero attached hydrogens (tertiary/aromatic N) is 1. The first-order valence-corrected chi connectivity index (χ1v) is 8.00.